The number of hydrogen-bond donors (Lipinski definition) is 2. The number of rotatable bonds is 5. The number of nitrogens with two attached hydrogens (primary N) is 1. The molecule has 0 saturated heterocycles. The fraction of sp³-hybridized carbons (Fsp3) is 0.400. The Bertz CT molecular complexity index is 406. The lowest BCUT2D eigenvalue weighted by Crippen LogP contribution is -2.11. The molecule has 0 amide bonds. The van der Waals surface area contributed by atoms with Gasteiger partial charge in [0, 0.05) is 12.6 Å². The average molecular weight is 279 g/mol. The molecule has 0 aliphatic carbocycles. The molecule has 18 heavy (non-hydrogen) atoms. The second kappa shape index (κ2) is 6.48. The van der Waals surface area contributed by atoms with Gasteiger partial charge >= 0.3 is 6.18 Å². The van der Waals surface area contributed by atoms with E-state index in [9.17, 15) is 13.2 Å². The highest BCUT2D eigenvalue weighted by molar-refractivity contribution is 7.99. The normalized spacial score (nSPS) is 12.7. The number of halogens is 3. The molecule has 0 atom stereocenters. The summed E-state index contributed by atoms with van der Waals surface area (Å²) in [5.41, 5.74) is 4.51. The minimum atomic E-state index is -4.36. The van der Waals surface area contributed by atoms with Crippen LogP contribution in [0.4, 0.5) is 13.2 Å². The summed E-state index contributed by atoms with van der Waals surface area (Å²) in [7, 11) is 0. The summed E-state index contributed by atoms with van der Waals surface area (Å²) >= 11 is 1.32. The molecule has 0 saturated carbocycles. The standard InChI is InChI=1S/C10H12F3N3OS/c11-10(12,13)7-3-4-9(15-6-7)18-5-1-2-8(14)16-17/h3-4,6,17H,1-2,5H2,(H2,14,16). The zero-order valence-electron chi connectivity index (χ0n) is 9.31. The Hall–Kier alpha value is -1.44. The van der Waals surface area contributed by atoms with Crippen LogP contribution in [0.1, 0.15) is 18.4 Å². The molecular weight excluding hydrogens is 267 g/mol. The maximum absolute atomic E-state index is 12.3. The van der Waals surface area contributed by atoms with E-state index in [4.69, 9.17) is 10.9 Å². The van der Waals surface area contributed by atoms with Crippen LogP contribution in [0.25, 0.3) is 0 Å². The van der Waals surface area contributed by atoms with Crippen LogP contribution in [0, 0.1) is 0 Å². The molecule has 0 radical (unpaired) electrons. The van der Waals surface area contributed by atoms with E-state index in [1.807, 2.05) is 0 Å². The van der Waals surface area contributed by atoms with E-state index >= 15 is 0 Å². The van der Waals surface area contributed by atoms with Gasteiger partial charge in [-0.1, -0.05) is 5.16 Å². The lowest BCUT2D eigenvalue weighted by molar-refractivity contribution is -0.137. The Balaban J connectivity index is 2.40. The molecule has 0 aliphatic heterocycles. The van der Waals surface area contributed by atoms with Crippen LogP contribution in [0.15, 0.2) is 28.5 Å². The van der Waals surface area contributed by atoms with Crippen molar-refractivity contribution < 1.29 is 18.4 Å². The Morgan fingerprint density at radius 2 is 2.17 bits per heavy atom. The average Bonchev–Trinajstić information content (AvgIpc) is 2.33. The van der Waals surface area contributed by atoms with Gasteiger partial charge < -0.3 is 10.9 Å². The summed E-state index contributed by atoms with van der Waals surface area (Å²) in [6.45, 7) is 0. The molecule has 0 fully saturated rings. The highest BCUT2D eigenvalue weighted by atomic mass is 32.2. The van der Waals surface area contributed by atoms with Crippen molar-refractivity contribution in [2.45, 2.75) is 24.0 Å². The molecule has 0 unspecified atom stereocenters. The van der Waals surface area contributed by atoms with Crippen LogP contribution < -0.4 is 5.73 Å². The first kappa shape index (κ1) is 14.6. The number of aromatic nitrogens is 1. The summed E-state index contributed by atoms with van der Waals surface area (Å²) in [4.78, 5) is 3.71. The molecular formula is C10H12F3N3OS. The van der Waals surface area contributed by atoms with Crippen molar-refractivity contribution in [1.82, 2.24) is 4.98 Å². The quantitative estimate of drug-likeness (QED) is 0.217. The van der Waals surface area contributed by atoms with E-state index in [0.717, 1.165) is 12.3 Å². The molecule has 8 heteroatoms. The first-order valence-corrected chi connectivity index (χ1v) is 6.04. The van der Waals surface area contributed by atoms with Crippen molar-refractivity contribution in [3.63, 3.8) is 0 Å². The number of alkyl halides is 3. The van der Waals surface area contributed by atoms with E-state index < -0.39 is 11.7 Å². The summed E-state index contributed by atoms with van der Waals surface area (Å²) in [5, 5.41) is 11.6. The van der Waals surface area contributed by atoms with E-state index in [-0.39, 0.29) is 5.84 Å². The Kier molecular flexibility index (Phi) is 5.26. The molecule has 100 valence electrons. The number of nitrogens with zero attached hydrogens (tertiary/aromatic N) is 2. The molecule has 0 spiro atoms. The molecule has 0 aromatic carbocycles. The van der Waals surface area contributed by atoms with Gasteiger partial charge in [-0.05, 0) is 24.3 Å². The number of hydrogen-bond acceptors (Lipinski definition) is 4. The first-order valence-electron chi connectivity index (χ1n) is 5.06. The predicted molar refractivity (Wildman–Crippen MR) is 62.6 cm³/mol. The smallest absolute Gasteiger partial charge is 0.409 e. The van der Waals surface area contributed by atoms with Gasteiger partial charge in [0.15, 0.2) is 0 Å². The molecule has 0 aliphatic rings. The first-order chi connectivity index (χ1) is 8.43. The van der Waals surface area contributed by atoms with Crippen LogP contribution in [-0.4, -0.2) is 21.8 Å². The van der Waals surface area contributed by atoms with Crippen LogP contribution in [0.5, 0.6) is 0 Å². The monoisotopic (exact) mass is 279 g/mol. The number of thioether (sulfide) groups is 1. The number of amidine groups is 1. The Morgan fingerprint density at radius 3 is 2.67 bits per heavy atom. The molecule has 3 N–H and O–H groups in total. The number of pyridine rings is 1. The van der Waals surface area contributed by atoms with Crippen LogP contribution in [0.2, 0.25) is 0 Å². The molecule has 1 rings (SSSR count). The molecule has 0 bridgehead atoms. The zero-order chi connectivity index (χ0) is 13.6. The Labute approximate surface area is 106 Å². The molecule has 1 aromatic heterocycles. The van der Waals surface area contributed by atoms with Gasteiger partial charge in [0.2, 0.25) is 0 Å². The van der Waals surface area contributed by atoms with E-state index in [0.29, 0.717) is 23.6 Å². The zero-order valence-corrected chi connectivity index (χ0v) is 10.1. The van der Waals surface area contributed by atoms with Crippen molar-refractivity contribution in [2.75, 3.05) is 5.75 Å². The van der Waals surface area contributed by atoms with E-state index in [1.54, 1.807) is 0 Å². The van der Waals surface area contributed by atoms with Crippen molar-refractivity contribution in [2.24, 2.45) is 10.9 Å². The van der Waals surface area contributed by atoms with Crippen molar-refractivity contribution in [3.8, 4) is 0 Å². The fourth-order valence-corrected chi connectivity index (χ4v) is 1.90. The van der Waals surface area contributed by atoms with Gasteiger partial charge in [-0.15, -0.1) is 11.8 Å². The van der Waals surface area contributed by atoms with Gasteiger partial charge in [0.05, 0.1) is 10.6 Å². The fourth-order valence-electron chi connectivity index (χ4n) is 1.11. The largest absolute Gasteiger partial charge is 0.417 e. The van der Waals surface area contributed by atoms with Crippen molar-refractivity contribution >= 4 is 17.6 Å². The number of oxime groups is 1. The minimum absolute atomic E-state index is 0.135. The van der Waals surface area contributed by atoms with E-state index in [1.165, 1.54) is 17.8 Å². The minimum Gasteiger partial charge on any atom is -0.409 e. The lowest BCUT2D eigenvalue weighted by Gasteiger charge is -2.06. The molecule has 4 nitrogen and oxygen atoms in total. The van der Waals surface area contributed by atoms with Gasteiger partial charge in [0.25, 0.3) is 0 Å². The van der Waals surface area contributed by atoms with Crippen molar-refractivity contribution in [3.05, 3.63) is 23.9 Å². The summed E-state index contributed by atoms with van der Waals surface area (Å²) < 4.78 is 36.8. The van der Waals surface area contributed by atoms with E-state index in [2.05, 4.69) is 10.1 Å². The third-order valence-corrected chi connectivity index (χ3v) is 3.05. The van der Waals surface area contributed by atoms with Gasteiger partial charge in [-0.3, -0.25) is 0 Å². The van der Waals surface area contributed by atoms with Crippen molar-refractivity contribution in [1.29, 1.82) is 0 Å². The van der Waals surface area contributed by atoms with Crippen LogP contribution >= 0.6 is 11.8 Å². The Morgan fingerprint density at radius 1 is 1.44 bits per heavy atom. The topological polar surface area (TPSA) is 71.5 Å². The second-order valence-corrected chi connectivity index (χ2v) is 4.54. The van der Waals surface area contributed by atoms with Gasteiger partial charge in [-0.25, -0.2) is 4.98 Å². The predicted octanol–water partition coefficient (Wildman–Crippen LogP) is 2.72. The van der Waals surface area contributed by atoms with Gasteiger partial charge in [-0.2, -0.15) is 13.2 Å². The summed E-state index contributed by atoms with van der Waals surface area (Å²) in [6.07, 6.45) is -2.46. The maximum Gasteiger partial charge on any atom is 0.417 e. The lowest BCUT2D eigenvalue weighted by atomic mass is 10.3. The SMILES string of the molecule is N/C(CCCSc1ccc(C(F)(F)F)cn1)=N\O. The molecule has 1 aromatic rings. The van der Waals surface area contributed by atoms with Gasteiger partial charge in [0.1, 0.15) is 5.84 Å². The van der Waals surface area contributed by atoms with Crippen LogP contribution in [0.3, 0.4) is 0 Å². The maximum atomic E-state index is 12.3. The highest BCUT2D eigenvalue weighted by Crippen LogP contribution is 2.29. The second-order valence-electron chi connectivity index (χ2n) is 3.43. The molecule has 1 heterocycles. The third kappa shape index (κ3) is 4.82. The third-order valence-electron chi connectivity index (χ3n) is 2.02. The van der Waals surface area contributed by atoms with Crippen LogP contribution in [-0.2, 0) is 6.18 Å². The highest BCUT2D eigenvalue weighted by Gasteiger charge is 2.30. The summed E-state index contributed by atoms with van der Waals surface area (Å²) in [6, 6.07) is 2.33. The summed E-state index contributed by atoms with van der Waals surface area (Å²) in [5.74, 6) is 0.769.